The van der Waals surface area contributed by atoms with Crippen LogP contribution in [0.5, 0.6) is 5.75 Å². The molecular weight excluding hydrogens is 382 g/mol. The maximum Gasteiger partial charge on any atom is 0.407 e. The van der Waals surface area contributed by atoms with Crippen LogP contribution in [-0.4, -0.2) is 40.1 Å². The molecule has 2 atom stereocenters. The Bertz CT molecular complexity index is 855. The predicted octanol–water partition coefficient (Wildman–Crippen LogP) is 4.56. The number of alkyl carbamates (subject to hydrolysis) is 1. The number of nitrogens with one attached hydrogen (secondary N) is 2. The van der Waals surface area contributed by atoms with E-state index in [0.717, 1.165) is 36.6 Å². The largest absolute Gasteiger partial charge is 0.495 e. The summed E-state index contributed by atoms with van der Waals surface area (Å²) in [6.07, 6.45) is 3.84. The van der Waals surface area contributed by atoms with Crippen molar-refractivity contribution in [1.82, 2.24) is 20.1 Å². The van der Waals surface area contributed by atoms with E-state index in [4.69, 9.17) is 14.6 Å². The number of ether oxygens (including phenoxy) is 2. The number of hydrogen-bond donors (Lipinski definition) is 2. The summed E-state index contributed by atoms with van der Waals surface area (Å²) in [6.45, 7) is 10.2. The third-order valence-corrected chi connectivity index (χ3v) is 5.07. The molecule has 0 unspecified atom stereocenters. The highest BCUT2D eigenvalue weighted by molar-refractivity contribution is 5.67. The molecule has 2 N–H and O–H groups in total. The quantitative estimate of drug-likeness (QED) is 0.719. The Morgan fingerprint density at radius 2 is 2.03 bits per heavy atom. The van der Waals surface area contributed by atoms with E-state index in [2.05, 4.69) is 42.5 Å². The normalized spacial score (nSPS) is 19.0. The van der Waals surface area contributed by atoms with E-state index < -0.39 is 0 Å². The SMILES string of the molecule is COc1ccc(Nc2cc([C@H]3CC[C@@H](OC(=O)NC(C)C)C3)nn2C(C)(C)C)nc1. The molecule has 0 bridgehead atoms. The molecule has 0 aliphatic heterocycles. The van der Waals surface area contributed by atoms with Crippen molar-refractivity contribution >= 4 is 17.7 Å². The van der Waals surface area contributed by atoms with Gasteiger partial charge in [-0.2, -0.15) is 5.10 Å². The van der Waals surface area contributed by atoms with Crippen LogP contribution in [0.15, 0.2) is 24.4 Å². The summed E-state index contributed by atoms with van der Waals surface area (Å²) in [5.74, 6) is 2.58. The predicted molar refractivity (Wildman–Crippen MR) is 116 cm³/mol. The van der Waals surface area contributed by atoms with Crippen LogP contribution in [0, 0.1) is 0 Å². The Labute approximate surface area is 178 Å². The summed E-state index contributed by atoms with van der Waals surface area (Å²) in [4.78, 5) is 16.3. The monoisotopic (exact) mass is 415 g/mol. The molecule has 0 spiro atoms. The van der Waals surface area contributed by atoms with Crippen LogP contribution in [0.25, 0.3) is 0 Å². The molecular formula is C22H33N5O3. The van der Waals surface area contributed by atoms with E-state index in [-0.39, 0.29) is 29.7 Å². The summed E-state index contributed by atoms with van der Waals surface area (Å²) >= 11 is 0. The van der Waals surface area contributed by atoms with Gasteiger partial charge in [0, 0.05) is 18.0 Å². The van der Waals surface area contributed by atoms with Gasteiger partial charge in [-0.05, 0) is 66.0 Å². The molecule has 0 saturated heterocycles. The lowest BCUT2D eigenvalue weighted by atomic mass is 10.0. The van der Waals surface area contributed by atoms with Gasteiger partial charge in [-0.3, -0.25) is 0 Å². The molecule has 0 aromatic carbocycles. The molecule has 8 heteroatoms. The van der Waals surface area contributed by atoms with Gasteiger partial charge in [-0.25, -0.2) is 14.5 Å². The molecule has 0 radical (unpaired) electrons. The van der Waals surface area contributed by atoms with Crippen molar-refractivity contribution in [2.75, 3.05) is 12.4 Å². The van der Waals surface area contributed by atoms with Gasteiger partial charge < -0.3 is 20.1 Å². The minimum absolute atomic E-state index is 0.0670. The minimum Gasteiger partial charge on any atom is -0.495 e. The van der Waals surface area contributed by atoms with Gasteiger partial charge in [0.25, 0.3) is 0 Å². The van der Waals surface area contributed by atoms with E-state index in [0.29, 0.717) is 5.75 Å². The zero-order valence-electron chi connectivity index (χ0n) is 18.7. The van der Waals surface area contributed by atoms with E-state index in [1.54, 1.807) is 13.3 Å². The first-order valence-corrected chi connectivity index (χ1v) is 10.5. The number of aromatic nitrogens is 3. The van der Waals surface area contributed by atoms with Gasteiger partial charge in [-0.15, -0.1) is 0 Å². The first kappa shape index (κ1) is 21.9. The lowest BCUT2D eigenvalue weighted by Crippen LogP contribution is -2.33. The molecule has 2 heterocycles. The van der Waals surface area contributed by atoms with Crippen molar-refractivity contribution in [3.05, 3.63) is 30.1 Å². The van der Waals surface area contributed by atoms with E-state index in [1.807, 2.05) is 30.7 Å². The van der Waals surface area contributed by atoms with Gasteiger partial charge in [0.1, 0.15) is 23.5 Å². The minimum atomic E-state index is -0.344. The average Bonchev–Trinajstić information content (AvgIpc) is 3.28. The topological polar surface area (TPSA) is 90.3 Å². The van der Waals surface area contributed by atoms with E-state index >= 15 is 0 Å². The summed E-state index contributed by atoms with van der Waals surface area (Å²) in [5, 5.41) is 11.1. The van der Waals surface area contributed by atoms with Crippen molar-refractivity contribution in [3.63, 3.8) is 0 Å². The molecule has 2 aromatic heterocycles. The number of carbonyl (C=O) groups excluding carboxylic acids is 1. The fourth-order valence-electron chi connectivity index (χ4n) is 3.64. The van der Waals surface area contributed by atoms with Crippen LogP contribution in [0.4, 0.5) is 16.4 Å². The fourth-order valence-corrected chi connectivity index (χ4v) is 3.64. The van der Waals surface area contributed by atoms with Crippen LogP contribution in [0.2, 0.25) is 0 Å². The summed E-state index contributed by atoms with van der Waals surface area (Å²) in [5.41, 5.74) is 0.815. The second-order valence-corrected chi connectivity index (χ2v) is 9.08. The highest BCUT2D eigenvalue weighted by Gasteiger charge is 2.32. The van der Waals surface area contributed by atoms with Crippen molar-refractivity contribution in [2.45, 2.75) is 77.5 Å². The van der Waals surface area contributed by atoms with Crippen molar-refractivity contribution < 1.29 is 14.3 Å². The second kappa shape index (κ2) is 8.93. The second-order valence-electron chi connectivity index (χ2n) is 9.08. The van der Waals surface area contributed by atoms with Crippen molar-refractivity contribution in [1.29, 1.82) is 0 Å². The number of rotatable bonds is 6. The van der Waals surface area contributed by atoms with Gasteiger partial charge in [0.05, 0.1) is 24.5 Å². The number of anilines is 2. The molecule has 1 aliphatic rings. The number of carbonyl (C=O) groups is 1. The number of pyridine rings is 1. The van der Waals surface area contributed by atoms with Crippen LogP contribution < -0.4 is 15.4 Å². The van der Waals surface area contributed by atoms with Gasteiger partial charge in [0.15, 0.2) is 0 Å². The Morgan fingerprint density at radius 3 is 2.63 bits per heavy atom. The van der Waals surface area contributed by atoms with Gasteiger partial charge >= 0.3 is 6.09 Å². The fraction of sp³-hybridized carbons (Fsp3) is 0.591. The average molecular weight is 416 g/mol. The lowest BCUT2D eigenvalue weighted by Gasteiger charge is -2.22. The zero-order valence-corrected chi connectivity index (χ0v) is 18.7. The number of nitrogens with zero attached hydrogens (tertiary/aromatic N) is 3. The molecule has 1 fully saturated rings. The number of amides is 1. The highest BCUT2D eigenvalue weighted by Crippen LogP contribution is 2.37. The lowest BCUT2D eigenvalue weighted by molar-refractivity contribution is 0.0981. The molecule has 1 saturated carbocycles. The summed E-state index contributed by atoms with van der Waals surface area (Å²) in [7, 11) is 1.62. The van der Waals surface area contributed by atoms with Crippen LogP contribution >= 0.6 is 0 Å². The summed E-state index contributed by atoms with van der Waals surface area (Å²) in [6, 6.07) is 5.90. The summed E-state index contributed by atoms with van der Waals surface area (Å²) < 4.78 is 12.7. The molecule has 3 rings (SSSR count). The van der Waals surface area contributed by atoms with E-state index in [1.165, 1.54) is 0 Å². The Kier molecular flexibility index (Phi) is 6.53. The highest BCUT2D eigenvalue weighted by atomic mass is 16.6. The van der Waals surface area contributed by atoms with Crippen molar-refractivity contribution in [3.8, 4) is 5.75 Å². The molecule has 2 aromatic rings. The molecule has 1 aliphatic carbocycles. The van der Waals surface area contributed by atoms with Crippen LogP contribution in [0.3, 0.4) is 0 Å². The third-order valence-electron chi connectivity index (χ3n) is 5.07. The number of methoxy groups -OCH3 is 1. The molecule has 30 heavy (non-hydrogen) atoms. The standard InChI is InChI=1S/C22H33N5O3/c1-14(2)24-21(28)30-16-8-7-15(11-16)18-12-20(27(26-18)22(3,4)5)25-19-10-9-17(29-6)13-23-19/h9-10,12-16H,7-8,11H2,1-6H3,(H,23,25)(H,24,28)/t15-,16+/m0/s1. The first-order chi connectivity index (χ1) is 14.2. The number of hydrogen-bond acceptors (Lipinski definition) is 6. The third kappa shape index (κ3) is 5.43. The van der Waals surface area contributed by atoms with Crippen molar-refractivity contribution in [2.24, 2.45) is 0 Å². The Morgan fingerprint density at radius 1 is 1.27 bits per heavy atom. The van der Waals surface area contributed by atoms with Crippen LogP contribution in [0.1, 0.15) is 65.5 Å². The maximum absolute atomic E-state index is 11.9. The van der Waals surface area contributed by atoms with Gasteiger partial charge in [-0.1, -0.05) is 0 Å². The Hall–Kier alpha value is -2.77. The maximum atomic E-state index is 11.9. The first-order valence-electron chi connectivity index (χ1n) is 10.5. The molecule has 1 amide bonds. The van der Waals surface area contributed by atoms with Crippen LogP contribution in [-0.2, 0) is 10.3 Å². The molecule has 164 valence electrons. The zero-order chi connectivity index (χ0) is 21.9. The smallest absolute Gasteiger partial charge is 0.407 e. The van der Waals surface area contributed by atoms with Gasteiger partial charge in [0.2, 0.25) is 0 Å². The van der Waals surface area contributed by atoms with E-state index in [9.17, 15) is 4.79 Å². The molecule has 8 nitrogen and oxygen atoms in total. The Balaban J connectivity index is 1.73.